The molecule has 19 heavy (non-hydrogen) atoms. The standard InChI is InChI=1S/C9H19NO6S.C2H6/c1-15-6-2-4(12)7(10-17)9(16-6)8(14)5(13)3-11;1-2/h4-14,17H,2-3H2,1H3;1-2H3. The first kappa shape index (κ1) is 19.1. The van der Waals surface area contributed by atoms with Crippen LogP contribution in [0.1, 0.15) is 20.3 Å². The molecule has 0 spiro atoms. The minimum atomic E-state index is -1.35. The first-order valence-electron chi connectivity index (χ1n) is 6.28. The number of thiol groups is 1. The van der Waals surface area contributed by atoms with Crippen molar-refractivity contribution in [2.24, 2.45) is 0 Å². The molecule has 5 N–H and O–H groups in total. The minimum Gasteiger partial charge on any atom is -0.394 e. The molecule has 0 amide bonds. The van der Waals surface area contributed by atoms with E-state index in [1.54, 1.807) is 0 Å². The molecule has 0 aromatic rings. The van der Waals surface area contributed by atoms with Gasteiger partial charge in [-0.15, -0.1) is 0 Å². The van der Waals surface area contributed by atoms with Crippen LogP contribution in [0.25, 0.3) is 0 Å². The summed E-state index contributed by atoms with van der Waals surface area (Å²) in [5, 5.41) is 37.8. The summed E-state index contributed by atoms with van der Waals surface area (Å²) in [4.78, 5) is 0. The van der Waals surface area contributed by atoms with Gasteiger partial charge < -0.3 is 29.9 Å². The highest BCUT2D eigenvalue weighted by atomic mass is 32.1. The largest absolute Gasteiger partial charge is 0.394 e. The highest BCUT2D eigenvalue weighted by Gasteiger charge is 2.43. The summed E-state index contributed by atoms with van der Waals surface area (Å²) in [7, 11) is 1.41. The smallest absolute Gasteiger partial charge is 0.160 e. The van der Waals surface area contributed by atoms with Gasteiger partial charge in [-0.25, -0.2) is 0 Å². The molecule has 1 saturated heterocycles. The van der Waals surface area contributed by atoms with E-state index in [9.17, 15) is 15.3 Å². The van der Waals surface area contributed by atoms with E-state index >= 15 is 0 Å². The Morgan fingerprint density at radius 3 is 2.42 bits per heavy atom. The molecule has 7 nitrogen and oxygen atoms in total. The van der Waals surface area contributed by atoms with Crippen molar-refractivity contribution >= 4 is 12.8 Å². The Bertz CT molecular complexity index is 235. The first-order valence-corrected chi connectivity index (χ1v) is 6.72. The lowest BCUT2D eigenvalue weighted by Crippen LogP contribution is -2.60. The molecule has 0 aromatic heterocycles. The van der Waals surface area contributed by atoms with E-state index < -0.39 is 43.4 Å². The maximum Gasteiger partial charge on any atom is 0.160 e. The molecule has 116 valence electrons. The SMILES string of the molecule is CC.COC1CC(O)C(NS)C(C(O)C(O)CO)O1. The molecule has 0 saturated carbocycles. The number of aliphatic hydroxyl groups excluding tert-OH is 4. The van der Waals surface area contributed by atoms with Crippen LogP contribution in [0.5, 0.6) is 0 Å². The summed E-state index contributed by atoms with van der Waals surface area (Å²) in [5.41, 5.74) is 0. The highest BCUT2D eigenvalue weighted by molar-refractivity contribution is 7.78. The van der Waals surface area contributed by atoms with Crippen molar-refractivity contribution in [3.05, 3.63) is 0 Å². The highest BCUT2D eigenvalue weighted by Crippen LogP contribution is 2.24. The van der Waals surface area contributed by atoms with Gasteiger partial charge in [0.15, 0.2) is 6.29 Å². The van der Waals surface area contributed by atoms with E-state index in [4.69, 9.17) is 14.6 Å². The molecular formula is C11H25NO6S. The van der Waals surface area contributed by atoms with Crippen LogP contribution >= 0.6 is 12.8 Å². The maximum absolute atomic E-state index is 9.82. The zero-order valence-electron chi connectivity index (χ0n) is 11.4. The summed E-state index contributed by atoms with van der Waals surface area (Å²) in [5.74, 6) is 0. The molecule has 1 aliphatic rings. The Hall–Kier alpha value is 0.0700. The Kier molecular flexibility index (Phi) is 9.93. The summed E-state index contributed by atoms with van der Waals surface area (Å²) >= 11 is 3.85. The molecule has 8 heteroatoms. The third-order valence-corrected chi connectivity index (χ3v) is 3.14. The van der Waals surface area contributed by atoms with Crippen molar-refractivity contribution in [3.8, 4) is 0 Å². The fraction of sp³-hybridized carbons (Fsp3) is 1.00. The normalized spacial score (nSPS) is 34.1. The predicted octanol–water partition coefficient (Wildman–Crippen LogP) is -1.35. The lowest BCUT2D eigenvalue weighted by molar-refractivity contribution is -0.243. The number of methoxy groups -OCH3 is 1. The summed E-state index contributed by atoms with van der Waals surface area (Å²) in [6, 6.07) is -0.666. The summed E-state index contributed by atoms with van der Waals surface area (Å²) < 4.78 is 12.9. The number of rotatable bonds is 5. The van der Waals surface area contributed by atoms with Crippen molar-refractivity contribution in [3.63, 3.8) is 0 Å². The maximum atomic E-state index is 9.82. The van der Waals surface area contributed by atoms with E-state index in [0.29, 0.717) is 0 Å². The molecule has 0 radical (unpaired) electrons. The van der Waals surface area contributed by atoms with E-state index in [1.165, 1.54) is 7.11 Å². The van der Waals surface area contributed by atoms with Crippen LogP contribution < -0.4 is 4.72 Å². The van der Waals surface area contributed by atoms with Crippen LogP contribution in [-0.2, 0) is 9.47 Å². The quantitative estimate of drug-likeness (QED) is 0.348. The van der Waals surface area contributed by atoms with Gasteiger partial charge in [-0.3, -0.25) is 4.72 Å². The van der Waals surface area contributed by atoms with Gasteiger partial charge >= 0.3 is 0 Å². The summed E-state index contributed by atoms with van der Waals surface area (Å²) in [6.45, 7) is 3.40. The fourth-order valence-electron chi connectivity index (χ4n) is 1.81. The summed E-state index contributed by atoms with van der Waals surface area (Å²) in [6.07, 6.45) is -4.91. The molecule has 6 atom stereocenters. The van der Waals surface area contributed by atoms with E-state index in [1.807, 2.05) is 13.8 Å². The van der Waals surface area contributed by atoms with Gasteiger partial charge in [-0.05, 0) is 0 Å². The fourth-order valence-corrected chi connectivity index (χ4v) is 2.13. The van der Waals surface area contributed by atoms with Crippen molar-refractivity contribution in [1.82, 2.24) is 4.72 Å². The second-order valence-corrected chi connectivity index (χ2v) is 4.22. The molecule has 6 unspecified atom stereocenters. The number of hydrogen-bond donors (Lipinski definition) is 6. The van der Waals surface area contributed by atoms with Crippen LogP contribution in [0.2, 0.25) is 0 Å². The Labute approximate surface area is 119 Å². The second kappa shape index (κ2) is 9.89. The molecule has 1 rings (SSSR count). The zero-order chi connectivity index (χ0) is 15.0. The number of aliphatic hydroxyl groups is 4. The Balaban J connectivity index is 0.00000154. The van der Waals surface area contributed by atoms with Crippen LogP contribution in [0.4, 0.5) is 0 Å². The third-order valence-electron chi connectivity index (χ3n) is 2.84. The van der Waals surface area contributed by atoms with Gasteiger partial charge in [0.05, 0.1) is 18.8 Å². The molecule has 1 aliphatic heterocycles. The van der Waals surface area contributed by atoms with Gasteiger partial charge in [-0.2, -0.15) is 0 Å². The first-order chi connectivity index (χ1) is 9.04. The van der Waals surface area contributed by atoms with Crippen LogP contribution in [0, 0.1) is 0 Å². The minimum absolute atomic E-state index is 0.229. The Morgan fingerprint density at radius 1 is 1.42 bits per heavy atom. The Morgan fingerprint density at radius 2 is 2.00 bits per heavy atom. The third kappa shape index (κ3) is 5.16. The molecule has 0 bridgehead atoms. The lowest BCUT2D eigenvalue weighted by Gasteiger charge is -2.41. The molecule has 0 aliphatic carbocycles. The topological polar surface area (TPSA) is 111 Å². The molecule has 1 fully saturated rings. The zero-order valence-corrected chi connectivity index (χ0v) is 12.3. The van der Waals surface area contributed by atoms with Gasteiger partial charge in [0, 0.05) is 13.5 Å². The number of nitrogens with one attached hydrogen (secondary N) is 1. The van der Waals surface area contributed by atoms with Crippen molar-refractivity contribution < 1.29 is 29.9 Å². The monoisotopic (exact) mass is 299 g/mol. The van der Waals surface area contributed by atoms with Gasteiger partial charge in [0.25, 0.3) is 0 Å². The molecule has 0 aromatic carbocycles. The van der Waals surface area contributed by atoms with Gasteiger partial charge in [0.2, 0.25) is 0 Å². The van der Waals surface area contributed by atoms with Gasteiger partial charge in [-0.1, -0.05) is 26.7 Å². The number of ether oxygens (including phenoxy) is 2. The van der Waals surface area contributed by atoms with E-state index in [-0.39, 0.29) is 6.42 Å². The molecular weight excluding hydrogens is 274 g/mol. The van der Waals surface area contributed by atoms with Crippen molar-refractivity contribution in [2.75, 3.05) is 13.7 Å². The van der Waals surface area contributed by atoms with Crippen molar-refractivity contribution in [2.45, 2.75) is 57.0 Å². The van der Waals surface area contributed by atoms with Crippen LogP contribution in [-0.4, -0.2) is 70.9 Å². The lowest BCUT2D eigenvalue weighted by atomic mass is 9.93. The predicted molar refractivity (Wildman–Crippen MR) is 72.7 cm³/mol. The van der Waals surface area contributed by atoms with E-state index in [2.05, 4.69) is 17.5 Å². The second-order valence-electron chi connectivity index (χ2n) is 3.96. The number of hydrogen-bond acceptors (Lipinski definition) is 8. The van der Waals surface area contributed by atoms with Gasteiger partial charge in [0.1, 0.15) is 18.3 Å². The van der Waals surface area contributed by atoms with Crippen LogP contribution in [0.15, 0.2) is 0 Å². The van der Waals surface area contributed by atoms with Crippen molar-refractivity contribution in [1.29, 1.82) is 0 Å². The average Bonchev–Trinajstić information content (AvgIpc) is 2.46. The van der Waals surface area contributed by atoms with Crippen LogP contribution in [0.3, 0.4) is 0 Å². The molecule has 1 heterocycles. The average molecular weight is 299 g/mol. The van der Waals surface area contributed by atoms with E-state index in [0.717, 1.165) is 0 Å².